The van der Waals surface area contributed by atoms with Crippen molar-refractivity contribution in [3.05, 3.63) is 60.2 Å². The minimum Gasteiger partial charge on any atom is -0.494 e. The van der Waals surface area contributed by atoms with Gasteiger partial charge in [-0.2, -0.15) is 0 Å². The van der Waals surface area contributed by atoms with Crippen molar-refractivity contribution in [2.24, 2.45) is 0 Å². The van der Waals surface area contributed by atoms with Crippen LogP contribution >= 0.6 is 0 Å². The molecule has 0 bridgehead atoms. The van der Waals surface area contributed by atoms with E-state index in [0.29, 0.717) is 13.0 Å². The number of aryl methyl sites for hydroxylation is 1. The van der Waals surface area contributed by atoms with Crippen LogP contribution in [0, 0.1) is 0 Å². The summed E-state index contributed by atoms with van der Waals surface area (Å²) >= 11 is 0. The van der Waals surface area contributed by atoms with Gasteiger partial charge in [-0.25, -0.2) is 0 Å². The first kappa shape index (κ1) is 17.3. The average molecular weight is 338 g/mol. The van der Waals surface area contributed by atoms with E-state index in [9.17, 15) is 4.79 Å². The highest BCUT2D eigenvalue weighted by Crippen LogP contribution is 2.20. The molecule has 4 nitrogen and oxygen atoms in total. The number of rotatable bonds is 6. The molecule has 2 aromatic carbocycles. The lowest BCUT2D eigenvalue weighted by Gasteiger charge is -2.36. The highest BCUT2D eigenvalue weighted by Gasteiger charge is 2.21. The van der Waals surface area contributed by atoms with Gasteiger partial charge in [-0.05, 0) is 37.1 Å². The minimum absolute atomic E-state index is 0.235. The molecule has 3 rings (SSSR count). The van der Waals surface area contributed by atoms with Crippen molar-refractivity contribution in [2.45, 2.75) is 19.8 Å². The minimum atomic E-state index is 0.235. The van der Waals surface area contributed by atoms with Crippen LogP contribution in [-0.4, -0.2) is 43.6 Å². The molecule has 0 spiro atoms. The van der Waals surface area contributed by atoms with Crippen molar-refractivity contribution in [3.8, 4) is 5.75 Å². The van der Waals surface area contributed by atoms with E-state index in [1.807, 2.05) is 42.2 Å². The molecule has 0 radical (unpaired) electrons. The zero-order chi connectivity index (χ0) is 17.5. The first-order chi connectivity index (χ1) is 12.3. The molecule has 0 atom stereocenters. The number of nitrogens with zero attached hydrogens (tertiary/aromatic N) is 2. The Kier molecular flexibility index (Phi) is 5.94. The summed E-state index contributed by atoms with van der Waals surface area (Å²) in [6, 6.07) is 18.4. The summed E-state index contributed by atoms with van der Waals surface area (Å²) in [4.78, 5) is 16.9. The molecule has 1 heterocycles. The largest absolute Gasteiger partial charge is 0.494 e. The number of hydrogen-bond donors (Lipinski definition) is 0. The number of benzene rings is 2. The van der Waals surface area contributed by atoms with E-state index in [-0.39, 0.29) is 5.91 Å². The van der Waals surface area contributed by atoms with Crippen LogP contribution in [0.3, 0.4) is 0 Å². The third-order valence-corrected chi connectivity index (χ3v) is 4.63. The van der Waals surface area contributed by atoms with Crippen molar-refractivity contribution < 1.29 is 9.53 Å². The summed E-state index contributed by atoms with van der Waals surface area (Å²) in [7, 11) is 0. The summed E-state index contributed by atoms with van der Waals surface area (Å²) < 4.78 is 5.65. The Balaban J connectivity index is 1.50. The molecule has 25 heavy (non-hydrogen) atoms. The fourth-order valence-electron chi connectivity index (χ4n) is 3.26. The number of carbonyl (C=O) groups excluding carboxylic acids is 1. The molecule has 2 aromatic rings. The van der Waals surface area contributed by atoms with Gasteiger partial charge in [0.25, 0.3) is 0 Å². The van der Waals surface area contributed by atoms with Crippen LogP contribution in [0.5, 0.6) is 5.75 Å². The zero-order valence-corrected chi connectivity index (χ0v) is 14.9. The molecule has 1 saturated heterocycles. The molecule has 4 heteroatoms. The Labute approximate surface area is 150 Å². The molecule has 1 amide bonds. The molecule has 1 aliphatic heterocycles. The number of hydrogen-bond acceptors (Lipinski definition) is 3. The van der Waals surface area contributed by atoms with Crippen LogP contribution in [-0.2, 0) is 11.2 Å². The van der Waals surface area contributed by atoms with Gasteiger partial charge < -0.3 is 14.5 Å². The summed E-state index contributed by atoms with van der Waals surface area (Å²) in [5.41, 5.74) is 2.35. The quantitative estimate of drug-likeness (QED) is 0.810. The van der Waals surface area contributed by atoms with E-state index in [2.05, 4.69) is 29.2 Å². The maximum Gasteiger partial charge on any atom is 0.223 e. The number of ether oxygens (including phenoxy) is 1. The van der Waals surface area contributed by atoms with Crippen LogP contribution < -0.4 is 9.64 Å². The number of para-hydroxylation sites is 2. The molecule has 132 valence electrons. The second-order valence-corrected chi connectivity index (χ2v) is 6.24. The van der Waals surface area contributed by atoms with Crippen molar-refractivity contribution in [2.75, 3.05) is 37.7 Å². The normalized spacial score (nSPS) is 14.4. The van der Waals surface area contributed by atoms with E-state index in [1.54, 1.807) is 0 Å². The number of anilines is 1. The molecule has 0 aliphatic carbocycles. The van der Waals surface area contributed by atoms with Crippen LogP contribution in [0.15, 0.2) is 54.6 Å². The average Bonchev–Trinajstić information content (AvgIpc) is 2.68. The summed E-state index contributed by atoms with van der Waals surface area (Å²) in [5.74, 6) is 1.13. The SMILES string of the molecule is CCOc1ccccc1CCC(=O)N1CCN(c2ccccc2)CC1. The number of piperazine rings is 1. The van der Waals surface area contributed by atoms with E-state index in [1.165, 1.54) is 5.69 Å². The lowest BCUT2D eigenvalue weighted by atomic mass is 10.1. The first-order valence-corrected chi connectivity index (χ1v) is 9.06. The molecule has 0 unspecified atom stereocenters. The van der Waals surface area contributed by atoms with Gasteiger partial charge in [0.1, 0.15) is 5.75 Å². The number of amides is 1. The van der Waals surface area contributed by atoms with Gasteiger partial charge in [0.05, 0.1) is 6.61 Å². The van der Waals surface area contributed by atoms with Crippen molar-refractivity contribution >= 4 is 11.6 Å². The molecule has 0 saturated carbocycles. The molecular formula is C21H26N2O2. The van der Waals surface area contributed by atoms with Gasteiger partial charge in [-0.3, -0.25) is 4.79 Å². The van der Waals surface area contributed by atoms with Gasteiger partial charge in [-0.15, -0.1) is 0 Å². The Hall–Kier alpha value is -2.49. The third-order valence-electron chi connectivity index (χ3n) is 4.63. The second-order valence-electron chi connectivity index (χ2n) is 6.24. The zero-order valence-electron chi connectivity index (χ0n) is 14.9. The first-order valence-electron chi connectivity index (χ1n) is 9.06. The predicted octanol–water partition coefficient (Wildman–Crippen LogP) is 3.37. The monoisotopic (exact) mass is 338 g/mol. The fraction of sp³-hybridized carbons (Fsp3) is 0.381. The second kappa shape index (κ2) is 8.56. The Morgan fingerprint density at radius 1 is 0.960 bits per heavy atom. The summed E-state index contributed by atoms with van der Waals surface area (Å²) in [6.45, 7) is 6.00. The standard InChI is InChI=1S/C21H26N2O2/c1-2-25-20-11-7-6-8-18(20)12-13-21(24)23-16-14-22(15-17-23)19-9-4-3-5-10-19/h3-11H,2,12-17H2,1H3. The molecule has 1 fully saturated rings. The van der Waals surface area contributed by atoms with Crippen LogP contribution in [0.25, 0.3) is 0 Å². The lowest BCUT2D eigenvalue weighted by Crippen LogP contribution is -2.48. The van der Waals surface area contributed by atoms with Crippen molar-refractivity contribution in [1.29, 1.82) is 0 Å². The Morgan fingerprint density at radius 3 is 2.36 bits per heavy atom. The van der Waals surface area contributed by atoms with Gasteiger partial charge in [0.2, 0.25) is 5.91 Å². The topological polar surface area (TPSA) is 32.8 Å². The van der Waals surface area contributed by atoms with Gasteiger partial charge in [-0.1, -0.05) is 36.4 Å². The highest BCUT2D eigenvalue weighted by atomic mass is 16.5. The Bertz CT molecular complexity index is 679. The predicted molar refractivity (Wildman–Crippen MR) is 101 cm³/mol. The lowest BCUT2D eigenvalue weighted by molar-refractivity contribution is -0.131. The van der Waals surface area contributed by atoms with Crippen LogP contribution in [0.2, 0.25) is 0 Å². The van der Waals surface area contributed by atoms with Crippen LogP contribution in [0.4, 0.5) is 5.69 Å². The smallest absolute Gasteiger partial charge is 0.223 e. The fourth-order valence-corrected chi connectivity index (χ4v) is 3.26. The summed E-state index contributed by atoms with van der Waals surface area (Å²) in [5, 5.41) is 0. The van der Waals surface area contributed by atoms with E-state index in [4.69, 9.17) is 4.74 Å². The van der Waals surface area contributed by atoms with Crippen molar-refractivity contribution in [1.82, 2.24) is 4.90 Å². The van der Waals surface area contributed by atoms with Gasteiger partial charge >= 0.3 is 0 Å². The Morgan fingerprint density at radius 2 is 1.64 bits per heavy atom. The van der Waals surface area contributed by atoms with Gasteiger partial charge in [0.15, 0.2) is 0 Å². The van der Waals surface area contributed by atoms with Crippen molar-refractivity contribution in [3.63, 3.8) is 0 Å². The van der Waals surface area contributed by atoms with E-state index >= 15 is 0 Å². The molecule has 0 N–H and O–H groups in total. The van der Waals surface area contributed by atoms with Gasteiger partial charge in [0, 0.05) is 38.3 Å². The maximum absolute atomic E-state index is 12.6. The maximum atomic E-state index is 12.6. The number of carbonyl (C=O) groups is 1. The van der Waals surface area contributed by atoms with E-state index < -0.39 is 0 Å². The van der Waals surface area contributed by atoms with Crippen LogP contribution in [0.1, 0.15) is 18.9 Å². The highest BCUT2D eigenvalue weighted by molar-refractivity contribution is 5.77. The molecule has 0 aromatic heterocycles. The van der Waals surface area contributed by atoms with E-state index in [0.717, 1.165) is 43.9 Å². The third kappa shape index (κ3) is 4.53. The molecule has 1 aliphatic rings. The summed E-state index contributed by atoms with van der Waals surface area (Å²) in [6.07, 6.45) is 1.27. The molecular weight excluding hydrogens is 312 g/mol.